The Bertz CT molecular complexity index is 220. The lowest BCUT2D eigenvalue weighted by Crippen LogP contribution is -2.14. The molecule has 0 saturated carbocycles. The highest BCUT2D eigenvalue weighted by Crippen LogP contribution is 2.06. The topological polar surface area (TPSA) is 55.7 Å². The number of aliphatic imine (C=N–C) groups is 1. The molecule has 60 valence electrons. The van der Waals surface area contributed by atoms with E-state index in [2.05, 4.69) is 9.73 Å². The summed E-state index contributed by atoms with van der Waals surface area (Å²) in [5.74, 6) is -0.689. The van der Waals surface area contributed by atoms with E-state index >= 15 is 0 Å². The fourth-order valence-electron chi connectivity index (χ4n) is 0.850. The second kappa shape index (κ2) is 3.27. The second-order valence-corrected chi connectivity index (χ2v) is 2.17. The van der Waals surface area contributed by atoms with Crippen LogP contribution < -0.4 is 0 Å². The lowest BCUT2D eigenvalue weighted by atomic mass is 10.2. The van der Waals surface area contributed by atoms with Gasteiger partial charge >= 0.3 is 5.97 Å². The molecular formula is C7H9NO3. The van der Waals surface area contributed by atoms with E-state index in [4.69, 9.17) is 0 Å². The average Bonchev–Trinajstić information content (AvgIpc) is 2.36. The summed E-state index contributed by atoms with van der Waals surface area (Å²) in [7, 11) is 0. The maximum Gasteiger partial charge on any atom is 0.352 e. The highest BCUT2D eigenvalue weighted by molar-refractivity contribution is 6.39. The van der Waals surface area contributed by atoms with Crippen molar-refractivity contribution in [2.24, 2.45) is 4.99 Å². The van der Waals surface area contributed by atoms with Gasteiger partial charge in [0.25, 0.3) is 0 Å². The van der Waals surface area contributed by atoms with Crippen LogP contribution in [0.2, 0.25) is 0 Å². The SMILES string of the molecule is CCOC(=O)C1=NC(=O)CC1. The summed E-state index contributed by atoms with van der Waals surface area (Å²) in [6.07, 6.45) is 0.770. The number of amides is 1. The van der Waals surface area contributed by atoms with Gasteiger partial charge in [-0.25, -0.2) is 9.79 Å². The predicted molar refractivity (Wildman–Crippen MR) is 38.3 cm³/mol. The van der Waals surface area contributed by atoms with Crippen LogP contribution in [0.5, 0.6) is 0 Å². The molecule has 0 bridgehead atoms. The summed E-state index contributed by atoms with van der Waals surface area (Å²) >= 11 is 0. The molecule has 0 unspecified atom stereocenters. The first-order valence-corrected chi connectivity index (χ1v) is 3.51. The van der Waals surface area contributed by atoms with Crippen LogP contribution in [0.25, 0.3) is 0 Å². The maximum atomic E-state index is 10.9. The third-order valence-corrected chi connectivity index (χ3v) is 1.35. The molecule has 0 aliphatic carbocycles. The molecule has 11 heavy (non-hydrogen) atoms. The molecule has 1 heterocycles. The molecule has 0 saturated heterocycles. The Balaban J connectivity index is 2.54. The minimum absolute atomic E-state index is 0.229. The van der Waals surface area contributed by atoms with Gasteiger partial charge in [0.1, 0.15) is 5.71 Å². The van der Waals surface area contributed by atoms with Crippen LogP contribution in [0.4, 0.5) is 0 Å². The number of carbonyl (C=O) groups excluding carboxylic acids is 2. The third kappa shape index (κ3) is 1.86. The van der Waals surface area contributed by atoms with Crippen LogP contribution in [0.15, 0.2) is 4.99 Å². The zero-order chi connectivity index (χ0) is 8.27. The van der Waals surface area contributed by atoms with Crippen molar-refractivity contribution in [3.8, 4) is 0 Å². The number of ether oxygens (including phenoxy) is 1. The minimum atomic E-state index is -0.460. The number of nitrogens with zero attached hydrogens (tertiary/aromatic N) is 1. The van der Waals surface area contributed by atoms with Gasteiger partial charge in [-0.15, -0.1) is 0 Å². The Morgan fingerprint density at radius 1 is 1.64 bits per heavy atom. The van der Waals surface area contributed by atoms with E-state index in [1.54, 1.807) is 6.92 Å². The van der Waals surface area contributed by atoms with Crippen LogP contribution in [0, 0.1) is 0 Å². The van der Waals surface area contributed by atoms with Gasteiger partial charge in [0, 0.05) is 12.8 Å². The number of hydrogen-bond donors (Lipinski definition) is 0. The minimum Gasteiger partial charge on any atom is -0.462 e. The summed E-state index contributed by atoms with van der Waals surface area (Å²) in [5, 5.41) is 0. The van der Waals surface area contributed by atoms with Crippen LogP contribution in [-0.4, -0.2) is 24.2 Å². The van der Waals surface area contributed by atoms with Crippen molar-refractivity contribution in [2.45, 2.75) is 19.8 Å². The second-order valence-electron chi connectivity index (χ2n) is 2.17. The third-order valence-electron chi connectivity index (χ3n) is 1.35. The lowest BCUT2D eigenvalue weighted by molar-refractivity contribution is -0.135. The number of carbonyl (C=O) groups is 2. The van der Waals surface area contributed by atoms with E-state index in [1.807, 2.05) is 0 Å². The monoisotopic (exact) mass is 155 g/mol. The van der Waals surface area contributed by atoms with Gasteiger partial charge in [0.2, 0.25) is 5.91 Å². The zero-order valence-electron chi connectivity index (χ0n) is 6.29. The Kier molecular flexibility index (Phi) is 2.36. The van der Waals surface area contributed by atoms with E-state index in [0.717, 1.165) is 0 Å². The van der Waals surface area contributed by atoms with Crippen molar-refractivity contribution in [3.05, 3.63) is 0 Å². The Morgan fingerprint density at radius 2 is 2.36 bits per heavy atom. The van der Waals surface area contributed by atoms with Gasteiger partial charge in [-0.1, -0.05) is 0 Å². The van der Waals surface area contributed by atoms with Crippen molar-refractivity contribution in [1.29, 1.82) is 0 Å². The van der Waals surface area contributed by atoms with E-state index < -0.39 is 5.97 Å². The van der Waals surface area contributed by atoms with Crippen LogP contribution in [0.1, 0.15) is 19.8 Å². The molecule has 1 aliphatic rings. The molecule has 0 aromatic rings. The smallest absolute Gasteiger partial charge is 0.352 e. The van der Waals surface area contributed by atoms with E-state index in [-0.39, 0.29) is 11.6 Å². The zero-order valence-corrected chi connectivity index (χ0v) is 6.29. The summed E-state index contributed by atoms with van der Waals surface area (Å²) in [4.78, 5) is 25.0. The van der Waals surface area contributed by atoms with Crippen molar-refractivity contribution in [3.63, 3.8) is 0 Å². The Morgan fingerprint density at radius 3 is 2.82 bits per heavy atom. The first-order valence-electron chi connectivity index (χ1n) is 3.51. The van der Waals surface area contributed by atoms with Crippen molar-refractivity contribution in [1.82, 2.24) is 0 Å². The van der Waals surface area contributed by atoms with Crippen molar-refractivity contribution in [2.75, 3.05) is 6.61 Å². The molecule has 0 radical (unpaired) electrons. The maximum absolute atomic E-state index is 10.9. The molecule has 1 amide bonds. The van der Waals surface area contributed by atoms with Gasteiger partial charge in [-0.2, -0.15) is 0 Å². The van der Waals surface area contributed by atoms with Gasteiger partial charge in [0.15, 0.2) is 0 Å². The summed E-state index contributed by atoms with van der Waals surface area (Å²) in [5.41, 5.74) is 0.261. The highest BCUT2D eigenvalue weighted by Gasteiger charge is 2.20. The van der Waals surface area contributed by atoms with Crippen molar-refractivity contribution >= 4 is 17.6 Å². The summed E-state index contributed by atoms with van der Waals surface area (Å²) in [6, 6.07) is 0. The molecule has 4 nitrogen and oxygen atoms in total. The lowest BCUT2D eigenvalue weighted by Gasteiger charge is -1.97. The molecule has 0 aromatic carbocycles. The molecule has 4 heteroatoms. The fraction of sp³-hybridized carbons (Fsp3) is 0.571. The van der Waals surface area contributed by atoms with E-state index in [9.17, 15) is 9.59 Å². The Hall–Kier alpha value is -1.19. The van der Waals surface area contributed by atoms with E-state index in [1.165, 1.54) is 0 Å². The number of esters is 1. The molecule has 0 atom stereocenters. The van der Waals surface area contributed by atoms with Gasteiger partial charge in [-0.05, 0) is 6.92 Å². The van der Waals surface area contributed by atoms with Crippen LogP contribution in [0.3, 0.4) is 0 Å². The molecule has 1 aliphatic heterocycles. The first-order chi connectivity index (χ1) is 5.24. The molecule has 0 aromatic heterocycles. The molecule has 0 N–H and O–H groups in total. The summed E-state index contributed by atoms with van der Waals surface area (Å²) < 4.78 is 4.65. The molecule has 0 spiro atoms. The number of rotatable bonds is 2. The molecule has 0 fully saturated rings. The normalized spacial score (nSPS) is 16.5. The Labute approximate surface area is 64.3 Å². The first kappa shape index (κ1) is 7.91. The quantitative estimate of drug-likeness (QED) is 0.539. The largest absolute Gasteiger partial charge is 0.462 e. The number of hydrogen-bond acceptors (Lipinski definition) is 3. The van der Waals surface area contributed by atoms with Gasteiger partial charge in [-0.3, -0.25) is 4.79 Å². The van der Waals surface area contributed by atoms with Crippen molar-refractivity contribution < 1.29 is 14.3 Å². The fourth-order valence-corrected chi connectivity index (χ4v) is 0.850. The highest BCUT2D eigenvalue weighted by atomic mass is 16.5. The summed E-state index contributed by atoms with van der Waals surface area (Å²) in [6.45, 7) is 2.04. The molecular weight excluding hydrogens is 146 g/mol. The standard InChI is InChI=1S/C7H9NO3/c1-2-11-7(10)5-3-4-6(9)8-5/h2-4H2,1H3. The predicted octanol–water partition coefficient (Wildman–Crippen LogP) is 0.311. The van der Waals surface area contributed by atoms with Crippen LogP contribution in [-0.2, 0) is 14.3 Å². The van der Waals surface area contributed by atoms with Crippen LogP contribution >= 0.6 is 0 Å². The average molecular weight is 155 g/mol. The van der Waals surface area contributed by atoms with Gasteiger partial charge < -0.3 is 4.74 Å². The molecule has 1 rings (SSSR count). The van der Waals surface area contributed by atoms with E-state index in [0.29, 0.717) is 19.4 Å². The van der Waals surface area contributed by atoms with Gasteiger partial charge in [0.05, 0.1) is 6.61 Å².